The van der Waals surface area contributed by atoms with E-state index in [1.807, 2.05) is 0 Å². The molecule has 0 aliphatic carbocycles. The van der Waals surface area contributed by atoms with Crippen LogP contribution in [0.3, 0.4) is 0 Å². The fraction of sp³-hybridized carbons (Fsp3) is 0.636. The molecule has 1 nitrogen and oxygen atoms in total. The molecule has 0 radical (unpaired) electrons. The number of hydrogen-bond acceptors (Lipinski definition) is 2. The Morgan fingerprint density at radius 2 is 2.47 bits per heavy atom. The summed E-state index contributed by atoms with van der Waals surface area (Å²) in [4.78, 5) is 1.40. The molecular weight excluding hydrogens is 296 g/mol. The minimum Gasteiger partial charge on any atom is -0.381 e. The Morgan fingerprint density at radius 1 is 1.60 bits per heavy atom. The lowest BCUT2D eigenvalue weighted by Gasteiger charge is -2.35. The van der Waals surface area contributed by atoms with Crippen LogP contribution in [0.1, 0.15) is 17.7 Å². The first-order valence-electron chi connectivity index (χ1n) is 5.11. The highest BCUT2D eigenvalue weighted by Gasteiger charge is 2.32. The lowest BCUT2D eigenvalue weighted by Crippen LogP contribution is -2.35. The summed E-state index contributed by atoms with van der Waals surface area (Å²) in [6.45, 7) is 1.71. The molecule has 1 unspecified atom stereocenters. The number of rotatable bonds is 3. The van der Waals surface area contributed by atoms with Crippen LogP contribution in [-0.4, -0.2) is 19.1 Å². The highest BCUT2D eigenvalue weighted by Crippen LogP contribution is 2.36. The second-order valence-electron chi connectivity index (χ2n) is 4.20. The first-order valence-corrected chi connectivity index (χ1v) is 7.31. The molecule has 0 bridgehead atoms. The molecule has 1 aliphatic rings. The van der Waals surface area contributed by atoms with E-state index in [2.05, 4.69) is 27.4 Å². The van der Waals surface area contributed by atoms with Gasteiger partial charge in [0, 0.05) is 32.6 Å². The van der Waals surface area contributed by atoms with E-state index >= 15 is 0 Å². The van der Waals surface area contributed by atoms with Crippen molar-refractivity contribution < 1.29 is 4.74 Å². The number of ether oxygens (including phenoxy) is 1. The molecule has 1 saturated heterocycles. The van der Waals surface area contributed by atoms with Crippen LogP contribution >= 0.6 is 38.9 Å². The van der Waals surface area contributed by atoms with Crippen molar-refractivity contribution in [3.8, 4) is 0 Å². The zero-order valence-corrected chi connectivity index (χ0v) is 11.6. The molecule has 84 valence electrons. The quantitative estimate of drug-likeness (QED) is 0.764. The summed E-state index contributed by atoms with van der Waals surface area (Å²) in [7, 11) is 0. The number of thiophene rings is 1. The van der Waals surface area contributed by atoms with Crippen LogP contribution in [0.25, 0.3) is 0 Å². The van der Waals surface area contributed by atoms with E-state index in [0.29, 0.717) is 5.88 Å². The molecule has 0 aromatic carbocycles. The van der Waals surface area contributed by atoms with Crippen LogP contribution in [0.2, 0.25) is 0 Å². The maximum atomic E-state index is 6.11. The Morgan fingerprint density at radius 3 is 3.00 bits per heavy atom. The summed E-state index contributed by atoms with van der Waals surface area (Å²) in [6.07, 6.45) is 3.37. The van der Waals surface area contributed by atoms with E-state index in [-0.39, 0.29) is 5.41 Å². The van der Waals surface area contributed by atoms with Crippen molar-refractivity contribution in [2.45, 2.75) is 19.3 Å². The standard InChI is InChI=1S/C11H14BrClOS/c12-9-4-10(15-6-9)5-11(7-13)2-1-3-14-8-11/h4,6H,1-3,5,7-8H2. The van der Waals surface area contributed by atoms with Crippen LogP contribution in [0.5, 0.6) is 0 Å². The molecule has 2 rings (SSSR count). The van der Waals surface area contributed by atoms with E-state index in [1.165, 1.54) is 15.8 Å². The summed E-state index contributed by atoms with van der Waals surface area (Å²) < 4.78 is 6.73. The normalized spacial score (nSPS) is 26.8. The predicted octanol–water partition coefficient (Wildman–Crippen LogP) is 4.09. The van der Waals surface area contributed by atoms with Gasteiger partial charge in [0.1, 0.15) is 0 Å². The Kier molecular flexibility index (Phi) is 4.10. The maximum absolute atomic E-state index is 6.11. The third-order valence-electron chi connectivity index (χ3n) is 2.86. The van der Waals surface area contributed by atoms with Crippen molar-refractivity contribution in [2.75, 3.05) is 19.1 Å². The first kappa shape index (κ1) is 11.9. The summed E-state index contributed by atoms with van der Waals surface area (Å²) in [5.41, 5.74) is 0.171. The van der Waals surface area contributed by atoms with E-state index in [9.17, 15) is 0 Å². The third-order valence-corrected chi connectivity index (χ3v) is 5.12. The molecule has 1 aliphatic heterocycles. The van der Waals surface area contributed by atoms with Gasteiger partial charge >= 0.3 is 0 Å². The molecule has 0 amide bonds. The SMILES string of the molecule is ClCC1(Cc2cc(Br)cs2)CCCOC1. The lowest BCUT2D eigenvalue weighted by atomic mass is 9.81. The second kappa shape index (κ2) is 5.17. The topological polar surface area (TPSA) is 9.23 Å². The third kappa shape index (κ3) is 2.96. The molecule has 15 heavy (non-hydrogen) atoms. The molecule has 1 aromatic rings. The Bertz CT molecular complexity index is 320. The fourth-order valence-corrected chi connectivity index (χ4v) is 3.95. The second-order valence-corrected chi connectivity index (χ2v) is 6.38. The van der Waals surface area contributed by atoms with E-state index in [1.54, 1.807) is 11.3 Å². The van der Waals surface area contributed by atoms with Gasteiger partial charge in [0.2, 0.25) is 0 Å². The zero-order chi connectivity index (χ0) is 10.7. The molecule has 4 heteroatoms. The van der Waals surface area contributed by atoms with Crippen molar-refractivity contribution in [3.63, 3.8) is 0 Å². The van der Waals surface area contributed by atoms with Crippen LogP contribution in [0.4, 0.5) is 0 Å². The monoisotopic (exact) mass is 308 g/mol. The molecule has 0 spiro atoms. The number of halogens is 2. The Balaban J connectivity index is 2.06. The highest BCUT2D eigenvalue weighted by molar-refractivity contribution is 9.10. The number of alkyl halides is 1. The molecule has 0 N–H and O–H groups in total. The van der Waals surface area contributed by atoms with Gasteiger partial charge in [-0.2, -0.15) is 0 Å². The van der Waals surface area contributed by atoms with Gasteiger partial charge in [0.05, 0.1) is 6.61 Å². The van der Waals surface area contributed by atoms with Gasteiger partial charge in [-0.1, -0.05) is 0 Å². The van der Waals surface area contributed by atoms with Gasteiger partial charge < -0.3 is 4.74 Å². The van der Waals surface area contributed by atoms with Crippen molar-refractivity contribution in [1.82, 2.24) is 0 Å². The summed E-state index contributed by atoms with van der Waals surface area (Å²) in [5, 5.41) is 2.13. The van der Waals surface area contributed by atoms with Crippen molar-refractivity contribution in [2.24, 2.45) is 5.41 Å². The molecule has 1 aromatic heterocycles. The molecule has 1 fully saturated rings. The minimum absolute atomic E-state index is 0.171. The predicted molar refractivity (Wildman–Crippen MR) is 68.9 cm³/mol. The van der Waals surface area contributed by atoms with Gasteiger partial charge in [-0.25, -0.2) is 0 Å². The fourth-order valence-electron chi connectivity index (χ4n) is 2.02. The smallest absolute Gasteiger partial charge is 0.0537 e. The first-order chi connectivity index (χ1) is 7.24. The van der Waals surface area contributed by atoms with Crippen LogP contribution in [-0.2, 0) is 11.2 Å². The maximum Gasteiger partial charge on any atom is 0.0537 e. The Hall–Kier alpha value is 0.430. The molecule has 2 heterocycles. The van der Waals surface area contributed by atoms with Crippen molar-refractivity contribution in [3.05, 3.63) is 20.8 Å². The van der Waals surface area contributed by atoms with Gasteiger partial charge in [0.25, 0.3) is 0 Å². The number of hydrogen-bond donors (Lipinski definition) is 0. The molecular formula is C11H14BrClOS. The largest absolute Gasteiger partial charge is 0.381 e. The van der Waals surface area contributed by atoms with E-state index in [4.69, 9.17) is 16.3 Å². The minimum atomic E-state index is 0.171. The lowest BCUT2D eigenvalue weighted by molar-refractivity contribution is 0.00517. The van der Waals surface area contributed by atoms with Gasteiger partial charge in [0.15, 0.2) is 0 Å². The van der Waals surface area contributed by atoms with Gasteiger partial charge in [-0.3, -0.25) is 0 Å². The van der Waals surface area contributed by atoms with Gasteiger partial charge in [-0.15, -0.1) is 22.9 Å². The van der Waals surface area contributed by atoms with Gasteiger partial charge in [-0.05, 0) is 41.3 Å². The Labute approximate surface area is 108 Å². The van der Waals surface area contributed by atoms with Crippen molar-refractivity contribution in [1.29, 1.82) is 0 Å². The van der Waals surface area contributed by atoms with Crippen LogP contribution in [0, 0.1) is 5.41 Å². The highest BCUT2D eigenvalue weighted by atomic mass is 79.9. The average molecular weight is 310 g/mol. The summed E-state index contributed by atoms with van der Waals surface area (Å²) in [5.74, 6) is 0.697. The van der Waals surface area contributed by atoms with Crippen molar-refractivity contribution >= 4 is 38.9 Å². The van der Waals surface area contributed by atoms with Crippen LogP contribution < -0.4 is 0 Å². The van der Waals surface area contributed by atoms with E-state index < -0.39 is 0 Å². The molecule has 0 saturated carbocycles. The summed E-state index contributed by atoms with van der Waals surface area (Å²) in [6, 6.07) is 2.19. The average Bonchev–Trinajstić information content (AvgIpc) is 2.65. The van der Waals surface area contributed by atoms with E-state index in [0.717, 1.165) is 26.1 Å². The summed E-state index contributed by atoms with van der Waals surface area (Å²) >= 11 is 11.4. The van der Waals surface area contributed by atoms with Crippen LogP contribution in [0.15, 0.2) is 15.9 Å². The molecule has 1 atom stereocenters. The zero-order valence-electron chi connectivity index (χ0n) is 8.47.